The molecule has 0 aliphatic rings. The van der Waals surface area contributed by atoms with E-state index in [-0.39, 0.29) is 17.0 Å². The van der Waals surface area contributed by atoms with Crippen LogP contribution < -0.4 is 10.0 Å². The van der Waals surface area contributed by atoms with Crippen molar-refractivity contribution in [1.82, 2.24) is 10.0 Å². The zero-order valence-electron chi connectivity index (χ0n) is 11.5. The second-order valence-electron chi connectivity index (χ2n) is 4.00. The van der Waals surface area contributed by atoms with Gasteiger partial charge in [0.15, 0.2) is 6.10 Å². The number of hydrogen-bond donors (Lipinski definition) is 3. The van der Waals surface area contributed by atoms with Gasteiger partial charge >= 0.3 is 5.97 Å². The van der Waals surface area contributed by atoms with Crippen LogP contribution in [0.25, 0.3) is 0 Å². The topological polar surface area (TPSA) is 122 Å². The van der Waals surface area contributed by atoms with Crippen LogP contribution in [0.3, 0.4) is 0 Å². The van der Waals surface area contributed by atoms with Crippen molar-refractivity contribution in [3.8, 4) is 0 Å². The SMILES string of the molecule is CNS(=O)(=O)c1ccc(C(=O)NCC(OC)C(=O)O)cc1. The average molecular weight is 316 g/mol. The van der Waals surface area contributed by atoms with Crippen LogP contribution in [0.15, 0.2) is 29.2 Å². The minimum Gasteiger partial charge on any atom is -0.479 e. The molecular formula is C12H16N2O6S. The molecule has 0 heterocycles. The molecule has 21 heavy (non-hydrogen) atoms. The Kier molecular flexibility index (Phi) is 5.82. The number of aliphatic carboxylic acids is 1. The number of rotatable bonds is 7. The summed E-state index contributed by atoms with van der Waals surface area (Å²) in [5.41, 5.74) is 0.213. The van der Waals surface area contributed by atoms with Crippen molar-refractivity contribution >= 4 is 21.9 Å². The van der Waals surface area contributed by atoms with Crippen LogP contribution >= 0.6 is 0 Å². The summed E-state index contributed by atoms with van der Waals surface area (Å²) in [6.45, 7) is -0.193. The molecule has 0 radical (unpaired) electrons. The molecule has 3 N–H and O–H groups in total. The lowest BCUT2D eigenvalue weighted by molar-refractivity contribution is -0.148. The van der Waals surface area contributed by atoms with E-state index >= 15 is 0 Å². The van der Waals surface area contributed by atoms with Gasteiger partial charge in [0.1, 0.15) is 0 Å². The standard InChI is InChI=1S/C12H16N2O6S/c1-13-21(18,19)9-5-3-8(4-6-9)11(15)14-7-10(20-2)12(16)17/h3-6,10,13H,7H2,1-2H3,(H,14,15)(H,16,17). The number of carbonyl (C=O) groups excluding carboxylic acids is 1. The maximum Gasteiger partial charge on any atom is 0.334 e. The van der Waals surface area contributed by atoms with Gasteiger partial charge in [-0.25, -0.2) is 17.9 Å². The monoisotopic (exact) mass is 316 g/mol. The van der Waals surface area contributed by atoms with Crippen LogP contribution in [0, 0.1) is 0 Å². The first-order valence-electron chi connectivity index (χ1n) is 5.89. The average Bonchev–Trinajstić information content (AvgIpc) is 2.47. The maximum atomic E-state index is 11.8. The van der Waals surface area contributed by atoms with E-state index < -0.39 is 28.0 Å². The molecule has 0 saturated carbocycles. The molecule has 0 saturated heterocycles. The van der Waals surface area contributed by atoms with Gasteiger partial charge < -0.3 is 15.2 Å². The fourth-order valence-electron chi connectivity index (χ4n) is 1.46. The number of methoxy groups -OCH3 is 1. The number of amides is 1. The maximum absolute atomic E-state index is 11.8. The van der Waals surface area contributed by atoms with E-state index in [2.05, 4.69) is 14.8 Å². The van der Waals surface area contributed by atoms with Crippen LogP contribution in [0.5, 0.6) is 0 Å². The van der Waals surface area contributed by atoms with E-state index in [1.165, 1.54) is 38.4 Å². The molecule has 0 fully saturated rings. The van der Waals surface area contributed by atoms with Crippen LogP contribution in [0.2, 0.25) is 0 Å². The molecule has 1 aromatic rings. The van der Waals surface area contributed by atoms with Gasteiger partial charge in [0.2, 0.25) is 10.0 Å². The van der Waals surface area contributed by atoms with Crippen LogP contribution in [-0.4, -0.2) is 52.2 Å². The molecule has 0 aliphatic heterocycles. The third kappa shape index (κ3) is 4.52. The zero-order valence-corrected chi connectivity index (χ0v) is 12.3. The highest BCUT2D eigenvalue weighted by Crippen LogP contribution is 2.10. The number of benzene rings is 1. The summed E-state index contributed by atoms with van der Waals surface area (Å²) in [6.07, 6.45) is -1.14. The molecule has 0 aromatic heterocycles. The van der Waals surface area contributed by atoms with Crippen molar-refractivity contribution in [3.05, 3.63) is 29.8 Å². The van der Waals surface area contributed by atoms with Crippen LogP contribution in [-0.2, 0) is 19.6 Å². The summed E-state index contributed by atoms with van der Waals surface area (Å²) in [7, 11) is -1.05. The molecule has 0 aliphatic carbocycles. The van der Waals surface area contributed by atoms with E-state index in [4.69, 9.17) is 5.11 Å². The van der Waals surface area contributed by atoms with Gasteiger partial charge in [-0.1, -0.05) is 0 Å². The predicted octanol–water partition coefficient (Wildman–Crippen LogP) is -0.576. The second-order valence-corrected chi connectivity index (χ2v) is 5.89. The van der Waals surface area contributed by atoms with Crippen molar-refractivity contribution in [3.63, 3.8) is 0 Å². The Labute approximate surface area is 122 Å². The van der Waals surface area contributed by atoms with Crippen molar-refractivity contribution in [2.24, 2.45) is 0 Å². The summed E-state index contributed by atoms with van der Waals surface area (Å²) in [5, 5.41) is 11.2. The Morgan fingerprint density at radius 3 is 2.29 bits per heavy atom. The number of hydrogen-bond acceptors (Lipinski definition) is 5. The Bertz CT molecular complexity index is 611. The lowest BCUT2D eigenvalue weighted by atomic mass is 10.2. The summed E-state index contributed by atoms with van der Waals surface area (Å²) >= 11 is 0. The number of ether oxygens (including phenoxy) is 1. The number of carboxylic acids is 1. The Morgan fingerprint density at radius 2 is 1.86 bits per heavy atom. The van der Waals surface area contributed by atoms with Gasteiger partial charge in [0, 0.05) is 12.7 Å². The van der Waals surface area contributed by atoms with E-state index in [9.17, 15) is 18.0 Å². The minimum atomic E-state index is -3.56. The van der Waals surface area contributed by atoms with Crippen molar-refractivity contribution < 1.29 is 27.9 Å². The summed E-state index contributed by atoms with van der Waals surface area (Å²) < 4.78 is 29.9. The highest BCUT2D eigenvalue weighted by atomic mass is 32.2. The van der Waals surface area contributed by atoms with Gasteiger partial charge in [-0.3, -0.25) is 4.79 Å². The first-order valence-corrected chi connectivity index (χ1v) is 7.37. The van der Waals surface area contributed by atoms with E-state index in [1.807, 2.05) is 0 Å². The molecule has 9 heteroatoms. The molecular weight excluding hydrogens is 300 g/mol. The quantitative estimate of drug-likeness (QED) is 0.619. The molecule has 116 valence electrons. The number of sulfonamides is 1. The molecule has 1 aromatic carbocycles. The third-order valence-electron chi connectivity index (χ3n) is 2.70. The lowest BCUT2D eigenvalue weighted by Gasteiger charge is -2.11. The fourth-order valence-corrected chi connectivity index (χ4v) is 2.19. The van der Waals surface area contributed by atoms with Gasteiger partial charge in [0.25, 0.3) is 5.91 Å². The van der Waals surface area contributed by atoms with Gasteiger partial charge in [0.05, 0.1) is 11.4 Å². The Morgan fingerprint density at radius 1 is 1.29 bits per heavy atom. The normalized spacial score (nSPS) is 12.7. The van der Waals surface area contributed by atoms with E-state index in [0.717, 1.165) is 0 Å². The third-order valence-corrected chi connectivity index (χ3v) is 4.13. The van der Waals surface area contributed by atoms with E-state index in [1.54, 1.807) is 0 Å². The van der Waals surface area contributed by atoms with Crippen molar-refractivity contribution in [2.45, 2.75) is 11.0 Å². The number of carboxylic acid groups (broad SMARTS) is 1. The fraction of sp³-hybridized carbons (Fsp3) is 0.333. The highest BCUT2D eigenvalue weighted by Gasteiger charge is 2.18. The molecule has 1 atom stereocenters. The molecule has 1 amide bonds. The van der Waals surface area contributed by atoms with Gasteiger partial charge in [-0.05, 0) is 31.3 Å². The van der Waals surface area contributed by atoms with Crippen molar-refractivity contribution in [2.75, 3.05) is 20.7 Å². The predicted molar refractivity (Wildman–Crippen MR) is 73.5 cm³/mol. The summed E-state index contributed by atoms with van der Waals surface area (Å²) in [6, 6.07) is 5.24. The first kappa shape index (κ1) is 17.1. The lowest BCUT2D eigenvalue weighted by Crippen LogP contribution is -2.37. The molecule has 1 unspecified atom stereocenters. The second kappa shape index (κ2) is 7.16. The number of carbonyl (C=O) groups is 2. The molecule has 0 bridgehead atoms. The first-order chi connectivity index (χ1) is 9.81. The largest absolute Gasteiger partial charge is 0.479 e. The van der Waals surface area contributed by atoms with Gasteiger partial charge in [-0.15, -0.1) is 0 Å². The molecule has 1 rings (SSSR count). The zero-order chi connectivity index (χ0) is 16.0. The highest BCUT2D eigenvalue weighted by molar-refractivity contribution is 7.89. The smallest absolute Gasteiger partial charge is 0.334 e. The van der Waals surface area contributed by atoms with Gasteiger partial charge in [-0.2, -0.15) is 0 Å². The molecule has 8 nitrogen and oxygen atoms in total. The molecule has 0 spiro atoms. The number of nitrogens with one attached hydrogen (secondary N) is 2. The summed E-state index contributed by atoms with van der Waals surface area (Å²) in [5.74, 6) is -1.71. The Hall–Kier alpha value is -1.97. The summed E-state index contributed by atoms with van der Waals surface area (Å²) in [4.78, 5) is 22.5. The Balaban J connectivity index is 2.74. The van der Waals surface area contributed by atoms with Crippen molar-refractivity contribution in [1.29, 1.82) is 0 Å². The van der Waals surface area contributed by atoms with Crippen LogP contribution in [0.1, 0.15) is 10.4 Å². The van der Waals surface area contributed by atoms with E-state index in [0.29, 0.717) is 0 Å². The van der Waals surface area contributed by atoms with Crippen LogP contribution in [0.4, 0.5) is 0 Å². The minimum absolute atomic E-state index is 0.0295.